The van der Waals surface area contributed by atoms with Gasteiger partial charge in [-0.25, -0.2) is 0 Å². The Labute approximate surface area is 153 Å². The Kier molecular flexibility index (Phi) is 4.90. The van der Waals surface area contributed by atoms with Crippen molar-refractivity contribution in [2.45, 2.75) is 90.1 Å². The van der Waals surface area contributed by atoms with E-state index in [1.165, 1.54) is 51.4 Å². The van der Waals surface area contributed by atoms with Crippen molar-refractivity contribution in [3.63, 3.8) is 0 Å². The van der Waals surface area contributed by atoms with Gasteiger partial charge in [-0.15, -0.1) is 0 Å². The van der Waals surface area contributed by atoms with Crippen LogP contribution in [0.25, 0.3) is 0 Å². The van der Waals surface area contributed by atoms with Crippen LogP contribution in [0.3, 0.4) is 0 Å². The summed E-state index contributed by atoms with van der Waals surface area (Å²) in [5, 5.41) is 11.1. The summed E-state index contributed by atoms with van der Waals surface area (Å²) in [4.78, 5) is 11.0. The van der Waals surface area contributed by atoms with Crippen LogP contribution in [0.5, 0.6) is 0 Å². The van der Waals surface area contributed by atoms with Crippen LogP contribution >= 0.6 is 0 Å². The van der Waals surface area contributed by atoms with Gasteiger partial charge in [-0.2, -0.15) is 0 Å². The topological polar surface area (TPSA) is 63.3 Å². The van der Waals surface area contributed by atoms with E-state index in [0.717, 1.165) is 48.9 Å². The number of primary amides is 1. The predicted molar refractivity (Wildman–Crippen MR) is 99.7 cm³/mol. The summed E-state index contributed by atoms with van der Waals surface area (Å²) >= 11 is 0. The van der Waals surface area contributed by atoms with Gasteiger partial charge in [0.05, 0.1) is 6.10 Å². The van der Waals surface area contributed by atoms with Crippen molar-refractivity contribution in [3.05, 3.63) is 0 Å². The number of aliphatic hydroxyl groups is 1. The molecule has 0 aliphatic heterocycles. The number of hydrogen-bond acceptors (Lipinski definition) is 2. The van der Waals surface area contributed by atoms with E-state index in [1.54, 1.807) is 0 Å². The van der Waals surface area contributed by atoms with Gasteiger partial charge in [0.25, 0.3) is 0 Å². The molecule has 0 aromatic carbocycles. The molecule has 0 saturated heterocycles. The molecule has 0 bridgehead atoms. The number of amides is 1. The van der Waals surface area contributed by atoms with Gasteiger partial charge in [-0.3, -0.25) is 4.79 Å². The number of carbonyl (C=O) groups is 1. The summed E-state index contributed by atoms with van der Waals surface area (Å²) in [7, 11) is 0. The molecule has 25 heavy (non-hydrogen) atoms. The molecule has 4 fully saturated rings. The third-order valence-electron chi connectivity index (χ3n) is 9.06. The molecular formula is C22H37NO2. The smallest absolute Gasteiger partial charge is 0.217 e. The van der Waals surface area contributed by atoms with Crippen LogP contribution in [-0.2, 0) is 4.79 Å². The predicted octanol–water partition coefficient (Wildman–Crippen LogP) is 4.27. The lowest BCUT2D eigenvalue weighted by molar-refractivity contribution is -0.145. The van der Waals surface area contributed by atoms with Crippen LogP contribution in [0.4, 0.5) is 0 Å². The van der Waals surface area contributed by atoms with E-state index in [2.05, 4.69) is 6.92 Å². The Morgan fingerprint density at radius 1 is 1.12 bits per heavy atom. The van der Waals surface area contributed by atoms with Gasteiger partial charge in [0.15, 0.2) is 0 Å². The van der Waals surface area contributed by atoms with Crippen LogP contribution in [0.1, 0.15) is 84.0 Å². The average molecular weight is 348 g/mol. The lowest BCUT2D eigenvalue weighted by atomic mass is 9.46. The molecular weight excluding hydrogens is 310 g/mol. The first-order valence-corrected chi connectivity index (χ1v) is 11.0. The molecule has 3 heteroatoms. The second-order valence-electron chi connectivity index (χ2n) is 10.0. The summed E-state index contributed by atoms with van der Waals surface area (Å²) in [6.07, 6.45) is 14.5. The quantitative estimate of drug-likeness (QED) is 0.797. The summed E-state index contributed by atoms with van der Waals surface area (Å²) in [5.41, 5.74) is 5.82. The number of aliphatic hydroxyl groups excluding tert-OH is 1. The highest BCUT2D eigenvalue weighted by molar-refractivity contribution is 5.73. The van der Waals surface area contributed by atoms with Crippen LogP contribution in [0.15, 0.2) is 0 Å². The van der Waals surface area contributed by atoms with Crippen LogP contribution < -0.4 is 5.73 Å². The number of hydrogen-bond donors (Lipinski definition) is 2. The number of nitrogens with two attached hydrogens (primary N) is 1. The third kappa shape index (κ3) is 3.05. The highest BCUT2D eigenvalue weighted by atomic mass is 16.3. The summed E-state index contributed by atoms with van der Waals surface area (Å²) in [6.45, 7) is 2.57. The SMILES string of the molecule is C[C@]12CCCCC1C[C@H](O)C1C3CC[C@H](CCCC(N)=O)C3CCC12. The maximum Gasteiger partial charge on any atom is 0.217 e. The van der Waals surface area contributed by atoms with Gasteiger partial charge >= 0.3 is 0 Å². The lowest BCUT2D eigenvalue weighted by Crippen LogP contribution is -2.55. The van der Waals surface area contributed by atoms with Gasteiger partial charge in [-0.1, -0.05) is 19.8 Å². The van der Waals surface area contributed by atoms with Crippen molar-refractivity contribution in [1.82, 2.24) is 0 Å². The fraction of sp³-hybridized carbons (Fsp3) is 0.955. The number of rotatable bonds is 4. The molecule has 5 unspecified atom stereocenters. The summed E-state index contributed by atoms with van der Waals surface area (Å²) < 4.78 is 0. The number of fused-ring (bicyclic) bond motifs is 5. The highest BCUT2D eigenvalue weighted by Crippen LogP contribution is 2.64. The van der Waals surface area contributed by atoms with Gasteiger partial charge in [0.2, 0.25) is 5.91 Å². The first kappa shape index (κ1) is 17.8. The monoisotopic (exact) mass is 347 g/mol. The normalized spacial score (nSPS) is 49.1. The van der Waals surface area contributed by atoms with E-state index in [1.807, 2.05) is 0 Å². The minimum Gasteiger partial charge on any atom is -0.393 e. The van der Waals surface area contributed by atoms with E-state index in [9.17, 15) is 9.90 Å². The molecule has 4 saturated carbocycles. The first-order valence-electron chi connectivity index (χ1n) is 11.0. The molecule has 3 N–H and O–H groups in total. The minimum atomic E-state index is -0.155. The van der Waals surface area contributed by atoms with E-state index in [0.29, 0.717) is 17.8 Å². The maximum absolute atomic E-state index is 11.1. The molecule has 0 spiro atoms. The largest absolute Gasteiger partial charge is 0.393 e. The van der Waals surface area contributed by atoms with Crippen molar-refractivity contribution in [2.75, 3.05) is 0 Å². The molecule has 0 radical (unpaired) electrons. The third-order valence-corrected chi connectivity index (χ3v) is 9.06. The Morgan fingerprint density at radius 3 is 2.72 bits per heavy atom. The molecule has 0 aromatic heterocycles. The van der Waals surface area contributed by atoms with E-state index in [4.69, 9.17) is 5.73 Å². The van der Waals surface area contributed by atoms with E-state index in [-0.39, 0.29) is 12.0 Å². The van der Waals surface area contributed by atoms with Crippen LogP contribution in [0.2, 0.25) is 0 Å². The molecule has 142 valence electrons. The van der Waals surface area contributed by atoms with Gasteiger partial charge in [0.1, 0.15) is 0 Å². The van der Waals surface area contributed by atoms with E-state index >= 15 is 0 Å². The first-order chi connectivity index (χ1) is 12.0. The summed E-state index contributed by atoms with van der Waals surface area (Å²) in [6, 6.07) is 0. The van der Waals surface area contributed by atoms with Crippen molar-refractivity contribution in [3.8, 4) is 0 Å². The fourth-order valence-corrected chi connectivity index (χ4v) is 7.95. The molecule has 3 nitrogen and oxygen atoms in total. The van der Waals surface area contributed by atoms with Crippen LogP contribution in [-0.4, -0.2) is 17.1 Å². The van der Waals surface area contributed by atoms with Crippen molar-refractivity contribution >= 4 is 5.91 Å². The molecule has 0 aromatic rings. The molecule has 0 heterocycles. The molecule has 4 aliphatic rings. The molecule has 1 amide bonds. The van der Waals surface area contributed by atoms with Gasteiger partial charge < -0.3 is 10.8 Å². The molecule has 8 atom stereocenters. The second-order valence-corrected chi connectivity index (χ2v) is 10.0. The zero-order valence-corrected chi connectivity index (χ0v) is 16.0. The summed E-state index contributed by atoms with van der Waals surface area (Å²) in [5.74, 6) is 4.24. The standard InChI is InChI=1S/C22H37NO2/c1-22-12-3-2-6-15(22)13-19(24)21-17-9-8-14(5-4-7-20(23)25)16(17)10-11-18(21)22/h14-19,21,24H,2-13H2,1H3,(H2,23,25)/t14-,15?,16?,17?,18?,19-,21?,22-/m0/s1. The number of carbonyl (C=O) groups excluding carboxylic acids is 1. The Hall–Kier alpha value is -0.570. The average Bonchev–Trinajstić information content (AvgIpc) is 2.98. The highest BCUT2D eigenvalue weighted by Gasteiger charge is 2.58. The maximum atomic E-state index is 11.1. The van der Waals surface area contributed by atoms with Crippen molar-refractivity contribution < 1.29 is 9.90 Å². The van der Waals surface area contributed by atoms with E-state index < -0.39 is 0 Å². The molecule has 4 rings (SSSR count). The Bertz CT molecular complexity index is 506. The van der Waals surface area contributed by atoms with Crippen LogP contribution in [0, 0.1) is 40.9 Å². The Morgan fingerprint density at radius 2 is 1.92 bits per heavy atom. The second kappa shape index (κ2) is 6.87. The van der Waals surface area contributed by atoms with Crippen molar-refractivity contribution in [2.24, 2.45) is 46.7 Å². The van der Waals surface area contributed by atoms with Crippen molar-refractivity contribution in [1.29, 1.82) is 0 Å². The Balaban J connectivity index is 1.47. The lowest BCUT2D eigenvalue weighted by Gasteiger charge is -2.59. The van der Waals surface area contributed by atoms with Gasteiger partial charge in [-0.05, 0) is 98.7 Å². The fourth-order valence-electron chi connectivity index (χ4n) is 7.95. The molecule has 4 aliphatic carbocycles. The zero-order chi connectivity index (χ0) is 17.6. The minimum absolute atomic E-state index is 0.0571. The zero-order valence-electron chi connectivity index (χ0n) is 16.0. The van der Waals surface area contributed by atoms with Gasteiger partial charge in [0, 0.05) is 6.42 Å².